The molecular weight excluding hydrogens is 312 g/mol. The van der Waals surface area contributed by atoms with Gasteiger partial charge >= 0.3 is 0 Å². The second-order valence-electron chi connectivity index (χ2n) is 5.86. The van der Waals surface area contributed by atoms with Crippen molar-refractivity contribution in [1.82, 2.24) is 19.5 Å². The summed E-state index contributed by atoms with van der Waals surface area (Å²) >= 11 is 5.92. The first-order valence-electron chi connectivity index (χ1n) is 7.50. The highest BCUT2D eigenvalue weighted by Gasteiger charge is 2.28. The number of rotatable bonds is 1. The van der Waals surface area contributed by atoms with Crippen LogP contribution < -0.4 is 0 Å². The highest BCUT2D eigenvalue weighted by Crippen LogP contribution is 2.24. The van der Waals surface area contributed by atoms with E-state index in [1.165, 1.54) is 15.6 Å². The van der Waals surface area contributed by atoms with Crippen molar-refractivity contribution in [1.29, 1.82) is 0 Å². The molecular formula is C17H15ClN4O. The SMILES string of the molecule is CC1Cc2ccccc2CN1C(=O)c1cc2ncc(Cl)cn2n1. The number of aromatic nitrogens is 3. The fraction of sp³-hybridized carbons (Fsp3) is 0.235. The van der Waals surface area contributed by atoms with Crippen molar-refractivity contribution in [3.8, 4) is 0 Å². The van der Waals surface area contributed by atoms with Crippen LogP contribution in [0, 0.1) is 0 Å². The Balaban J connectivity index is 1.68. The van der Waals surface area contributed by atoms with Gasteiger partial charge in [0.2, 0.25) is 0 Å². The van der Waals surface area contributed by atoms with E-state index in [4.69, 9.17) is 11.6 Å². The van der Waals surface area contributed by atoms with Crippen molar-refractivity contribution in [3.63, 3.8) is 0 Å². The number of halogens is 1. The molecule has 1 amide bonds. The van der Waals surface area contributed by atoms with Crippen molar-refractivity contribution >= 4 is 23.2 Å². The summed E-state index contributed by atoms with van der Waals surface area (Å²) in [6.45, 7) is 2.68. The fourth-order valence-corrected chi connectivity index (χ4v) is 3.20. The van der Waals surface area contributed by atoms with Gasteiger partial charge in [-0.05, 0) is 24.5 Å². The maximum Gasteiger partial charge on any atom is 0.275 e. The maximum absolute atomic E-state index is 12.9. The fourth-order valence-electron chi connectivity index (χ4n) is 3.06. The van der Waals surface area contributed by atoms with E-state index in [1.54, 1.807) is 18.5 Å². The maximum atomic E-state index is 12.9. The van der Waals surface area contributed by atoms with Crippen molar-refractivity contribution in [2.24, 2.45) is 0 Å². The van der Waals surface area contributed by atoms with Gasteiger partial charge in [0.25, 0.3) is 5.91 Å². The highest BCUT2D eigenvalue weighted by molar-refractivity contribution is 6.30. The number of hydrogen-bond donors (Lipinski definition) is 0. The quantitative estimate of drug-likeness (QED) is 0.691. The zero-order valence-electron chi connectivity index (χ0n) is 12.6. The summed E-state index contributed by atoms with van der Waals surface area (Å²) in [5.41, 5.74) is 3.52. The smallest absolute Gasteiger partial charge is 0.275 e. The average Bonchev–Trinajstić information content (AvgIpc) is 2.96. The van der Waals surface area contributed by atoms with Gasteiger partial charge in [-0.1, -0.05) is 35.9 Å². The van der Waals surface area contributed by atoms with Gasteiger partial charge in [0.15, 0.2) is 11.3 Å². The molecule has 23 heavy (non-hydrogen) atoms. The van der Waals surface area contributed by atoms with Gasteiger partial charge in [-0.25, -0.2) is 9.50 Å². The van der Waals surface area contributed by atoms with Crippen molar-refractivity contribution in [3.05, 3.63) is 64.6 Å². The van der Waals surface area contributed by atoms with E-state index >= 15 is 0 Å². The van der Waals surface area contributed by atoms with Crippen LogP contribution >= 0.6 is 11.6 Å². The Hall–Kier alpha value is -2.40. The molecule has 5 nitrogen and oxygen atoms in total. The molecule has 0 N–H and O–H groups in total. The number of carbonyl (C=O) groups excluding carboxylic acids is 1. The van der Waals surface area contributed by atoms with Gasteiger partial charge < -0.3 is 4.90 Å². The van der Waals surface area contributed by atoms with E-state index in [2.05, 4.69) is 29.1 Å². The third-order valence-corrected chi connectivity index (χ3v) is 4.46. The van der Waals surface area contributed by atoms with Crippen LogP contribution in [-0.2, 0) is 13.0 Å². The van der Waals surface area contributed by atoms with Crippen molar-refractivity contribution in [2.75, 3.05) is 0 Å². The third kappa shape index (κ3) is 2.47. The number of fused-ring (bicyclic) bond motifs is 2. The van der Waals surface area contributed by atoms with Crippen molar-refractivity contribution < 1.29 is 4.79 Å². The molecule has 1 aliphatic rings. The normalized spacial score (nSPS) is 17.3. The summed E-state index contributed by atoms with van der Waals surface area (Å²) in [6, 6.07) is 10.1. The van der Waals surface area contributed by atoms with Crippen LogP contribution in [0.5, 0.6) is 0 Å². The number of benzene rings is 1. The molecule has 0 aliphatic carbocycles. The first kappa shape index (κ1) is 14.2. The largest absolute Gasteiger partial charge is 0.330 e. The Morgan fingerprint density at radius 2 is 2.09 bits per heavy atom. The molecule has 0 spiro atoms. The predicted octanol–water partition coefficient (Wildman–Crippen LogP) is 2.97. The molecule has 3 aromatic rings. The molecule has 0 saturated carbocycles. The molecule has 0 radical (unpaired) electrons. The monoisotopic (exact) mass is 326 g/mol. The van der Waals surface area contributed by atoms with Crippen LogP contribution in [0.3, 0.4) is 0 Å². The topological polar surface area (TPSA) is 50.5 Å². The van der Waals surface area contributed by atoms with Crippen LogP contribution in [0.2, 0.25) is 5.02 Å². The second kappa shape index (κ2) is 5.35. The molecule has 3 heterocycles. The van der Waals surface area contributed by atoms with Gasteiger partial charge in [0.05, 0.1) is 11.2 Å². The minimum absolute atomic E-state index is 0.0753. The number of hydrogen-bond acceptors (Lipinski definition) is 3. The summed E-state index contributed by atoms with van der Waals surface area (Å²) in [7, 11) is 0. The summed E-state index contributed by atoms with van der Waals surface area (Å²) in [6.07, 6.45) is 4.06. The number of amides is 1. The van der Waals surface area contributed by atoms with Crippen LogP contribution in [-0.4, -0.2) is 31.4 Å². The number of nitrogens with zero attached hydrogens (tertiary/aromatic N) is 4. The van der Waals surface area contributed by atoms with Gasteiger partial charge in [-0.15, -0.1) is 0 Å². The molecule has 0 bridgehead atoms. The first-order valence-corrected chi connectivity index (χ1v) is 7.88. The Morgan fingerprint density at radius 1 is 1.30 bits per heavy atom. The average molecular weight is 327 g/mol. The summed E-state index contributed by atoms with van der Waals surface area (Å²) < 4.78 is 1.54. The standard InChI is InChI=1S/C17H15ClN4O/c1-11-6-12-4-2-3-5-13(12)9-21(11)17(23)15-7-16-19-8-14(18)10-22(16)20-15/h2-5,7-8,10-11H,6,9H2,1H3. The molecule has 116 valence electrons. The minimum Gasteiger partial charge on any atom is -0.330 e. The van der Waals surface area contributed by atoms with Gasteiger partial charge in [-0.2, -0.15) is 5.10 Å². The van der Waals surface area contributed by atoms with Gasteiger partial charge in [-0.3, -0.25) is 4.79 Å². The Kier molecular flexibility index (Phi) is 3.31. The van der Waals surface area contributed by atoms with Crippen LogP contribution in [0.25, 0.3) is 5.65 Å². The van der Waals surface area contributed by atoms with E-state index in [0.717, 1.165) is 6.42 Å². The van der Waals surface area contributed by atoms with E-state index in [9.17, 15) is 4.79 Å². The lowest BCUT2D eigenvalue weighted by atomic mass is 9.94. The van der Waals surface area contributed by atoms with Crippen LogP contribution in [0.1, 0.15) is 28.5 Å². The Labute approximate surface area is 138 Å². The molecule has 4 rings (SSSR count). The van der Waals surface area contributed by atoms with Gasteiger partial charge in [0.1, 0.15) is 0 Å². The highest BCUT2D eigenvalue weighted by atomic mass is 35.5. The molecule has 1 unspecified atom stereocenters. The lowest BCUT2D eigenvalue weighted by Gasteiger charge is -2.34. The Bertz CT molecular complexity index is 904. The van der Waals surface area contributed by atoms with E-state index < -0.39 is 0 Å². The van der Waals surface area contributed by atoms with E-state index in [0.29, 0.717) is 22.9 Å². The molecule has 6 heteroatoms. The molecule has 1 aliphatic heterocycles. The number of carbonyl (C=O) groups is 1. The predicted molar refractivity (Wildman–Crippen MR) is 87.5 cm³/mol. The minimum atomic E-state index is -0.0753. The molecule has 1 atom stereocenters. The Morgan fingerprint density at radius 3 is 2.91 bits per heavy atom. The van der Waals surface area contributed by atoms with Crippen LogP contribution in [0.15, 0.2) is 42.7 Å². The zero-order valence-corrected chi connectivity index (χ0v) is 13.4. The molecule has 2 aromatic heterocycles. The van der Waals surface area contributed by atoms with E-state index in [-0.39, 0.29) is 11.9 Å². The van der Waals surface area contributed by atoms with E-state index in [1.807, 2.05) is 17.0 Å². The lowest BCUT2D eigenvalue weighted by Crippen LogP contribution is -2.42. The summed E-state index contributed by atoms with van der Waals surface area (Å²) in [5.74, 6) is -0.0753. The first-order chi connectivity index (χ1) is 11.1. The molecule has 0 saturated heterocycles. The summed E-state index contributed by atoms with van der Waals surface area (Å²) in [4.78, 5) is 18.9. The lowest BCUT2D eigenvalue weighted by molar-refractivity contribution is 0.0652. The molecule has 1 aromatic carbocycles. The zero-order chi connectivity index (χ0) is 16.0. The summed E-state index contributed by atoms with van der Waals surface area (Å²) in [5, 5.41) is 4.80. The van der Waals surface area contributed by atoms with Gasteiger partial charge in [0, 0.05) is 24.8 Å². The van der Waals surface area contributed by atoms with Crippen molar-refractivity contribution in [2.45, 2.75) is 25.9 Å². The second-order valence-corrected chi connectivity index (χ2v) is 6.30. The third-order valence-electron chi connectivity index (χ3n) is 4.27. The van der Waals surface area contributed by atoms with Crippen LogP contribution in [0.4, 0.5) is 0 Å². The molecule has 0 fully saturated rings.